The van der Waals surface area contributed by atoms with Crippen molar-refractivity contribution in [2.45, 2.75) is 53.1 Å². The summed E-state index contributed by atoms with van der Waals surface area (Å²) in [5, 5.41) is 0. The number of methoxy groups -OCH3 is 1. The van der Waals surface area contributed by atoms with Gasteiger partial charge < -0.3 is 0 Å². The van der Waals surface area contributed by atoms with Gasteiger partial charge in [0, 0.05) is 0 Å². The fourth-order valence-corrected chi connectivity index (χ4v) is 13.1. The zero-order chi connectivity index (χ0) is 20.5. The van der Waals surface area contributed by atoms with Gasteiger partial charge in [0.2, 0.25) is 0 Å². The summed E-state index contributed by atoms with van der Waals surface area (Å²) in [6, 6.07) is 6.42. The molecule has 1 atom stereocenters. The van der Waals surface area contributed by atoms with Crippen LogP contribution in [0.2, 0.25) is 13.1 Å². The van der Waals surface area contributed by atoms with E-state index in [0.29, 0.717) is 5.92 Å². The second kappa shape index (κ2) is 8.59. The molecule has 0 saturated heterocycles. The van der Waals surface area contributed by atoms with Gasteiger partial charge in [-0.15, -0.1) is 0 Å². The monoisotopic (exact) mass is 422 g/mol. The average molecular weight is 422 g/mol. The number of benzene rings is 1. The van der Waals surface area contributed by atoms with Gasteiger partial charge in [0.1, 0.15) is 0 Å². The Morgan fingerprint density at radius 2 is 1.67 bits per heavy atom. The van der Waals surface area contributed by atoms with Crippen LogP contribution in [0.1, 0.15) is 40.2 Å². The van der Waals surface area contributed by atoms with Crippen LogP contribution in [0.5, 0.6) is 11.5 Å². The fourth-order valence-electron chi connectivity index (χ4n) is 3.37. The van der Waals surface area contributed by atoms with E-state index in [1.165, 1.54) is 16.8 Å². The number of hydrogen-bond donors (Lipinski definition) is 0. The van der Waals surface area contributed by atoms with Gasteiger partial charge in [0.05, 0.1) is 0 Å². The molecule has 1 unspecified atom stereocenters. The molecule has 0 aromatic heterocycles. The van der Waals surface area contributed by atoms with Gasteiger partial charge in [0.15, 0.2) is 0 Å². The minimum atomic E-state index is -1.87. The van der Waals surface area contributed by atoms with Gasteiger partial charge in [-0.1, -0.05) is 0 Å². The molecule has 0 heterocycles. The minimum absolute atomic E-state index is 0.0644. The van der Waals surface area contributed by atoms with E-state index in [1.54, 1.807) is 11.0 Å². The van der Waals surface area contributed by atoms with Crippen LogP contribution in [-0.4, -0.2) is 32.8 Å². The molecule has 0 radical (unpaired) electrons. The Morgan fingerprint density at radius 3 is 2.15 bits per heavy atom. The van der Waals surface area contributed by atoms with Crippen molar-refractivity contribution in [1.82, 2.24) is 4.90 Å². The van der Waals surface area contributed by atoms with Crippen molar-refractivity contribution in [3.8, 4) is 11.5 Å². The molecular weight excluding hydrogens is 386 g/mol. The molecule has 0 fully saturated rings. The van der Waals surface area contributed by atoms with Crippen LogP contribution in [0, 0.1) is 5.92 Å². The zero-order valence-electron chi connectivity index (χ0n) is 18.7. The molecule has 1 aliphatic rings. The van der Waals surface area contributed by atoms with E-state index in [-0.39, 0.29) is 5.41 Å². The summed E-state index contributed by atoms with van der Waals surface area (Å²) in [5.41, 5.74) is 4.16. The van der Waals surface area contributed by atoms with E-state index in [1.807, 2.05) is 0 Å². The Kier molecular flexibility index (Phi) is 7.10. The van der Waals surface area contributed by atoms with Gasteiger partial charge in [-0.25, -0.2) is 0 Å². The average Bonchev–Trinajstić information content (AvgIpc) is 2.87. The second-order valence-corrected chi connectivity index (χ2v) is 21.2. The van der Waals surface area contributed by atoms with Crippen molar-refractivity contribution in [3.63, 3.8) is 0 Å². The van der Waals surface area contributed by atoms with Crippen molar-refractivity contribution in [2.75, 3.05) is 21.2 Å². The molecule has 5 heteroatoms. The van der Waals surface area contributed by atoms with Crippen molar-refractivity contribution in [1.29, 1.82) is 0 Å². The third kappa shape index (κ3) is 5.10. The molecule has 1 aromatic rings. The van der Waals surface area contributed by atoms with Crippen LogP contribution in [0.15, 0.2) is 39.4 Å². The Balaban J connectivity index is 2.47. The van der Waals surface area contributed by atoms with Crippen molar-refractivity contribution in [3.05, 3.63) is 45.0 Å². The molecule has 0 aliphatic heterocycles. The van der Waals surface area contributed by atoms with E-state index in [2.05, 4.69) is 91.0 Å². The first-order chi connectivity index (χ1) is 12.5. The Bertz CT molecular complexity index is 747. The molecule has 2 rings (SSSR count). The zero-order valence-corrected chi connectivity index (χ0v) is 21.4. The maximum absolute atomic E-state index is 6.87. The predicted octanol–water partition coefficient (Wildman–Crippen LogP) is 5.26. The van der Waals surface area contributed by atoms with E-state index >= 15 is 0 Å². The van der Waals surface area contributed by atoms with Gasteiger partial charge in [0.25, 0.3) is 0 Å². The first-order valence-electron chi connectivity index (χ1n) is 9.80. The van der Waals surface area contributed by atoms with Gasteiger partial charge in [-0.3, -0.25) is 0 Å². The Morgan fingerprint density at radius 1 is 1.07 bits per heavy atom. The van der Waals surface area contributed by atoms with Gasteiger partial charge >= 0.3 is 174 Å². The maximum atomic E-state index is 6.87. The molecular formula is C22H36NO2SiTi. The van der Waals surface area contributed by atoms with Crippen LogP contribution in [0.25, 0.3) is 0 Å². The van der Waals surface area contributed by atoms with Crippen molar-refractivity contribution < 1.29 is 25.6 Å². The summed E-state index contributed by atoms with van der Waals surface area (Å²) in [4.78, 5) is 2.27. The molecule has 1 aromatic carbocycles. The summed E-state index contributed by atoms with van der Waals surface area (Å²) in [6.45, 7) is 15.2. The number of hydrogen-bond acceptors (Lipinski definition) is 3. The molecule has 0 saturated carbocycles. The van der Waals surface area contributed by atoms with Crippen LogP contribution < -0.4 is 8.06 Å². The van der Waals surface area contributed by atoms with E-state index in [0.717, 1.165) is 11.5 Å². The number of ether oxygens (including phenoxy) is 1. The van der Waals surface area contributed by atoms with Crippen molar-refractivity contribution >= 4 is 6.66 Å². The van der Waals surface area contributed by atoms with E-state index < -0.39 is 24.2 Å². The number of allylic oxidation sites excluding steroid dienone is 3. The summed E-state index contributed by atoms with van der Waals surface area (Å²) >= 11 is -1.87. The number of likely N-dealkylation sites (N-methyl/N-ethyl adjacent to an activating group) is 1. The second-order valence-electron chi connectivity index (χ2n) is 9.07. The van der Waals surface area contributed by atoms with Gasteiger partial charge in [-0.2, -0.15) is 0 Å². The third-order valence-corrected chi connectivity index (χ3v) is 15.6. The van der Waals surface area contributed by atoms with Crippen molar-refractivity contribution in [2.24, 2.45) is 5.92 Å². The third-order valence-electron chi connectivity index (χ3n) is 5.24. The van der Waals surface area contributed by atoms with Crippen LogP contribution in [0.4, 0.5) is 0 Å². The molecule has 27 heavy (non-hydrogen) atoms. The molecule has 0 spiro atoms. The Hall–Kier alpha value is -0.969. The van der Waals surface area contributed by atoms with Gasteiger partial charge in [-0.05, 0) is 0 Å². The summed E-state index contributed by atoms with van der Waals surface area (Å²) < 4.78 is 14.0. The Labute approximate surface area is 173 Å². The molecule has 3 nitrogen and oxygen atoms in total. The van der Waals surface area contributed by atoms with Crippen LogP contribution in [-0.2, 0) is 22.9 Å². The fraction of sp³-hybridized carbons (Fsp3) is 0.545. The van der Waals surface area contributed by atoms with Crippen LogP contribution in [0.3, 0.4) is 0 Å². The normalized spacial score (nSPS) is 17.3. The number of rotatable bonds is 6. The molecule has 0 bridgehead atoms. The van der Waals surface area contributed by atoms with E-state index in [4.69, 9.17) is 8.06 Å². The summed E-state index contributed by atoms with van der Waals surface area (Å²) in [5.74, 6) is 2.37. The molecule has 1 aliphatic carbocycles. The standard InChI is InChI=1S/C11H16O2.C9H14N.C2H7Si.Ti/c1-11(2,3)8-5-9(12)7-10(6-8)13-4;1-7-5-9(10(3)4)6-8(7)2;1-3-2;/h5-7,12H,1-4H3;5,8H,1-4H3;3H,1-2H3;/q;;;+1/p-1. The SMILES string of the molecule is COc1cc([O][Ti]([C]2=C(N(C)C)C=C(C)C2C)[SiH](C)C)cc(C(C)(C)C)c1. The molecule has 0 N–H and O–H groups in total. The first-order valence-corrected chi connectivity index (χ1v) is 16.8. The molecule has 149 valence electrons. The quantitative estimate of drug-likeness (QED) is 0.584. The topological polar surface area (TPSA) is 21.7 Å². The summed E-state index contributed by atoms with van der Waals surface area (Å²) in [7, 11) is 6.04. The van der Waals surface area contributed by atoms with Crippen LogP contribution >= 0.6 is 0 Å². The first kappa shape index (κ1) is 22.3. The molecule has 0 amide bonds. The van der Waals surface area contributed by atoms with E-state index in [9.17, 15) is 0 Å². The number of nitrogens with zero attached hydrogens (tertiary/aromatic N) is 1. The summed E-state index contributed by atoms with van der Waals surface area (Å²) in [6.07, 6.45) is 2.36. The predicted molar refractivity (Wildman–Crippen MR) is 115 cm³/mol.